The number of hydrogen-bond acceptors (Lipinski definition) is 2. The van der Waals surface area contributed by atoms with E-state index in [4.69, 9.17) is 0 Å². The maximum absolute atomic E-state index is 13.3. The first-order valence-electron chi connectivity index (χ1n) is 3.51. The molecule has 1 aromatic carbocycles. The summed E-state index contributed by atoms with van der Waals surface area (Å²) >= 11 is 3.03. The maximum atomic E-state index is 13.3. The van der Waals surface area contributed by atoms with Crippen molar-refractivity contribution in [3.63, 3.8) is 0 Å². The molecule has 0 aliphatic heterocycles. The number of nitrogens with one attached hydrogen (secondary N) is 1. The van der Waals surface area contributed by atoms with Crippen LogP contribution in [-0.4, -0.2) is 10.2 Å². The SMILES string of the molecule is O=c1[nH]ncc2c(F)c(Br)ccc12. The topological polar surface area (TPSA) is 45.8 Å². The van der Waals surface area contributed by atoms with Gasteiger partial charge < -0.3 is 0 Å². The molecule has 0 atom stereocenters. The van der Waals surface area contributed by atoms with Crippen LogP contribution in [0.25, 0.3) is 10.8 Å². The first-order valence-corrected chi connectivity index (χ1v) is 4.31. The van der Waals surface area contributed by atoms with Gasteiger partial charge in [0.2, 0.25) is 0 Å². The average Bonchev–Trinajstić information content (AvgIpc) is 2.12. The Hall–Kier alpha value is -1.23. The van der Waals surface area contributed by atoms with Crippen molar-refractivity contribution in [2.75, 3.05) is 0 Å². The normalized spacial score (nSPS) is 10.6. The van der Waals surface area contributed by atoms with Gasteiger partial charge in [-0.15, -0.1) is 0 Å². The predicted octanol–water partition coefficient (Wildman–Crippen LogP) is 1.82. The summed E-state index contributed by atoms with van der Waals surface area (Å²) in [4.78, 5) is 11.1. The lowest BCUT2D eigenvalue weighted by molar-refractivity contribution is 0.632. The fourth-order valence-corrected chi connectivity index (χ4v) is 1.45. The maximum Gasteiger partial charge on any atom is 0.272 e. The number of benzene rings is 1. The molecule has 0 radical (unpaired) electrons. The Bertz CT molecular complexity index is 523. The lowest BCUT2D eigenvalue weighted by Gasteiger charge is -1.98. The van der Waals surface area contributed by atoms with Crippen molar-refractivity contribution in [2.45, 2.75) is 0 Å². The minimum Gasteiger partial charge on any atom is -0.267 e. The second kappa shape index (κ2) is 2.92. The van der Waals surface area contributed by atoms with E-state index in [0.717, 1.165) is 0 Å². The summed E-state index contributed by atoms with van der Waals surface area (Å²) in [6.07, 6.45) is 1.29. The van der Waals surface area contributed by atoms with Crippen LogP contribution in [0.3, 0.4) is 0 Å². The van der Waals surface area contributed by atoms with Gasteiger partial charge in [-0.3, -0.25) is 4.79 Å². The Morgan fingerprint density at radius 3 is 2.92 bits per heavy atom. The molecule has 0 aliphatic carbocycles. The molecule has 0 amide bonds. The second-order valence-corrected chi connectivity index (χ2v) is 3.38. The van der Waals surface area contributed by atoms with Crippen molar-refractivity contribution in [2.24, 2.45) is 0 Å². The van der Waals surface area contributed by atoms with E-state index < -0.39 is 5.82 Å². The minimum absolute atomic E-state index is 0.220. The van der Waals surface area contributed by atoms with E-state index in [1.807, 2.05) is 0 Å². The van der Waals surface area contributed by atoms with E-state index in [1.54, 1.807) is 6.07 Å². The molecule has 13 heavy (non-hydrogen) atoms. The molecule has 0 saturated carbocycles. The van der Waals surface area contributed by atoms with Crippen LogP contribution < -0.4 is 5.56 Å². The molecule has 3 nitrogen and oxygen atoms in total. The van der Waals surface area contributed by atoms with Gasteiger partial charge in [-0.25, -0.2) is 9.49 Å². The van der Waals surface area contributed by atoms with Crippen LogP contribution in [0.1, 0.15) is 0 Å². The zero-order valence-electron chi connectivity index (χ0n) is 6.34. The van der Waals surface area contributed by atoms with Gasteiger partial charge in [0.1, 0.15) is 5.82 Å². The van der Waals surface area contributed by atoms with Gasteiger partial charge in [0, 0.05) is 5.39 Å². The Kier molecular flexibility index (Phi) is 1.88. The van der Waals surface area contributed by atoms with Gasteiger partial charge in [0.25, 0.3) is 5.56 Å². The van der Waals surface area contributed by atoms with Gasteiger partial charge in [0.05, 0.1) is 16.1 Å². The lowest BCUT2D eigenvalue weighted by Crippen LogP contribution is -2.07. The standard InChI is InChI=1S/C8H4BrFN2O/c9-6-2-1-4-5(7(6)10)3-11-12-8(4)13/h1-3H,(H,12,13). The van der Waals surface area contributed by atoms with Gasteiger partial charge >= 0.3 is 0 Å². The highest BCUT2D eigenvalue weighted by Gasteiger charge is 2.06. The van der Waals surface area contributed by atoms with Crippen molar-refractivity contribution in [1.82, 2.24) is 10.2 Å². The summed E-state index contributed by atoms with van der Waals surface area (Å²) in [7, 11) is 0. The summed E-state index contributed by atoms with van der Waals surface area (Å²) in [6.45, 7) is 0. The van der Waals surface area contributed by atoms with Crippen molar-refractivity contribution in [3.8, 4) is 0 Å². The monoisotopic (exact) mass is 242 g/mol. The molecule has 0 saturated heterocycles. The summed E-state index contributed by atoms with van der Waals surface area (Å²) in [5, 5.41) is 6.27. The molecule has 0 bridgehead atoms. The number of hydrogen-bond donors (Lipinski definition) is 1. The third kappa shape index (κ3) is 1.25. The van der Waals surface area contributed by atoms with Crippen molar-refractivity contribution < 1.29 is 4.39 Å². The number of H-pyrrole nitrogens is 1. The van der Waals surface area contributed by atoms with Crippen LogP contribution in [0.4, 0.5) is 4.39 Å². The highest BCUT2D eigenvalue weighted by Crippen LogP contribution is 2.21. The van der Waals surface area contributed by atoms with Crippen LogP contribution in [0.2, 0.25) is 0 Å². The Balaban J connectivity index is 3.03. The number of fused-ring (bicyclic) bond motifs is 1. The molecule has 2 aromatic rings. The summed E-state index contributed by atoms with van der Waals surface area (Å²) < 4.78 is 13.7. The van der Waals surface area contributed by atoms with Crippen LogP contribution in [0.15, 0.2) is 27.6 Å². The second-order valence-electron chi connectivity index (χ2n) is 2.52. The Labute approximate surface area is 80.7 Å². The molecule has 0 unspecified atom stereocenters. The van der Waals surface area contributed by atoms with Crippen LogP contribution >= 0.6 is 15.9 Å². The molecule has 1 heterocycles. The zero-order chi connectivity index (χ0) is 9.42. The first kappa shape index (κ1) is 8.37. The zero-order valence-corrected chi connectivity index (χ0v) is 7.93. The van der Waals surface area contributed by atoms with Gasteiger partial charge in [-0.1, -0.05) is 0 Å². The number of halogens is 2. The van der Waals surface area contributed by atoms with E-state index in [1.165, 1.54) is 12.3 Å². The molecule has 0 spiro atoms. The van der Waals surface area contributed by atoms with Gasteiger partial charge in [-0.2, -0.15) is 5.10 Å². The van der Waals surface area contributed by atoms with Gasteiger partial charge in [-0.05, 0) is 28.1 Å². The van der Waals surface area contributed by atoms with Gasteiger partial charge in [0.15, 0.2) is 0 Å². The van der Waals surface area contributed by atoms with Crippen LogP contribution in [0.5, 0.6) is 0 Å². The van der Waals surface area contributed by atoms with E-state index in [2.05, 4.69) is 26.1 Å². The van der Waals surface area contributed by atoms with Crippen molar-refractivity contribution in [1.29, 1.82) is 0 Å². The predicted molar refractivity (Wildman–Crippen MR) is 50.0 cm³/mol. The fraction of sp³-hybridized carbons (Fsp3) is 0. The lowest BCUT2D eigenvalue weighted by atomic mass is 10.2. The molecular weight excluding hydrogens is 239 g/mol. The van der Waals surface area contributed by atoms with E-state index in [9.17, 15) is 9.18 Å². The molecule has 2 rings (SSSR count). The van der Waals surface area contributed by atoms with E-state index >= 15 is 0 Å². The Morgan fingerprint density at radius 2 is 2.15 bits per heavy atom. The molecular formula is C8H4BrFN2O. The molecule has 1 aromatic heterocycles. The highest BCUT2D eigenvalue weighted by atomic mass is 79.9. The number of aromatic amines is 1. The largest absolute Gasteiger partial charge is 0.272 e. The Morgan fingerprint density at radius 1 is 1.38 bits per heavy atom. The summed E-state index contributed by atoms with van der Waals surface area (Å²) in [5.41, 5.74) is -0.385. The third-order valence-electron chi connectivity index (χ3n) is 1.74. The molecule has 1 N–H and O–H groups in total. The smallest absolute Gasteiger partial charge is 0.267 e. The quantitative estimate of drug-likeness (QED) is 0.767. The molecule has 0 fully saturated rings. The molecule has 0 aliphatic rings. The van der Waals surface area contributed by atoms with Crippen molar-refractivity contribution in [3.05, 3.63) is 39.0 Å². The minimum atomic E-state index is -0.462. The van der Waals surface area contributed by atoms with Crippen LogP contribution in [-0.2, 0) is 0 Å². The molecule has 5 heteroatoms. The number of rotatable bonds is 0. The number of nitrogens with zero attached hydrogens (tertiary/aromatic N) is 1. The highest BCUT2D eigenvalue weighted by molar-refractivity contribution is 9.10. The van der Waals surface area contributed by atoms with Crippen molar-refractivity contribution >= 4 is 26.7 Å². The van der Waals surface area contributed by atoms with E-state index in [-0.39, 0.29) is 10.9 Å². The van der Waals surface area contributed by atoms with Crippen LogP contribution in [0, 0.1) is 5.82 Å². The number of aromatic nitrogens is 2. The first-order chi connectivity index (χ1) is 6.20. The summed E-state index contributed by atoms with van der Waals surface area (Å²) in [5.74, 6) is -0.462. The fourth-order valence-electron chi connectivity index (χ4n) is 1.11. The molecule has 66 valence electrons. The third-order valence-corrected chi connectivity index (χ3v) is 2.35. The van der Waals surface area contributed by atoms with E-state index in [0.29, 0.717) is 9.86 Å². The average molecular weight is 243 g/mol. The summed E-state index contributed by atoms with van der Waals surface area (Å²) in [6, 6.07) is 3.04.